The van der Waals surface area contributed by atoms with Gasteiger partial charge in [-0.3, -0.25) is 9.59 Å². The lowest BCUT2D eigenvalue weighted by molar-refractivity contribution is -0.148. The van der Waals surface area contributed by atoms with Gasteiger partial charge in [0, 0.05) is 6.54 Å². The fourth-order valence-corrected chi connectivity index (χ4v) is 5.43. The molecule has 1 spiro atoms. The molecule has 3 heterocycles. The average molecular weight is 331 g/mol. The topological polar surface area (TPSA) is 66.8 Å². The number of allylic oxidation sites excluding steroid dienone is 2. The summed E-state index contributed by atoms with van der Waals surface area (Å²) in [4.78, 5) is 26.5. The maximum atomic E-state index is 13.0. The number of ether oxygens (including phenoxy) is 1. The number of aliphatic carboxylic acids is 1. The molecule has 5 nitrogen and oxygen atoms in total. The van der Waals surface area contributed by atoms with E-state index in [2.05, 4.69) is 26.8 Å². The van der Waals surface area contributed by atoms with Gasteiger partial charge < -0.3 is 14.7 Å². The van der Waals surface area contributed by atoms with Crippen molar-refractivity contribution in [1.82, 2.24) is 4.90 Å². The number of hydrogen-bond donors (Lipinski definition) is 1. The highest BCUT2D eigenvalue weighted by Gasteiger charge is 2.67. The van der Waals surface area contributed by atoms with E-state index in [4.69, 9.17) is 4.74 Å². The van der Waals surface area contributed by atoms with E-state index in [1.807, 2.05) is 17.1 Å². The van der Waals surface area contributed by atoms with Crippen molar-refractivity contribution in [2.24, 2.45) is 29.6 Å². The number of carbonyl (C=O) groups is 2. The molecule has 5 heteroatoms. The number of likely N-dealkylation sites (tertiary alicyclic amines) is 1. The Morgan fingerprint density at radius 2 is 2.21 bits per heavy atom. The quantitative estimate of drug-likeness (QED) is 0.804. The molecule has 0 aromatic carbocycles. The van der Waals surface area contributed by atoms with Crippen molar-refractivity contribution >= 4 is 11.9 Å². The first-order valence-corrected chi connectivity index (χ1v) is 8.88. The van der Waals surface area contributed by atoms with Crippen LogP contribution >= 0.6 is 0 Å². The molecule has 4 rings (SSSR count). The van der Waals surface area contributed by atoms with Crippen LogP contribution in [0.3, 0.4) is 0 Å². The smallest absolute Gasteiger partial charge is 0.310 e. The van der Waals surface area contributed by atoms with E-state index >= 15 is 0 Å². The van der Waals surface area contributed by atoms with Crippen molar-refractivity contribution < 1.29 is 19.4 Å². The molecular weight excluding hydrogens is 306 g/mol. The van der Waals surface area contributed by atoms with Crippen LogP contribution in [0.25, 0.3) is 0 Å². The van der Waals surface area contributed by atoms with E-state index in [0.29, 0.717) is 30.8 Å². The summed E-state index contributed by atoms with van der Waals surface area (Å²) in [6.45, 7) is 7.82. The zero-order chi connectivity index (χ0) is 17.2. The molecule has 0 saturated carbocycles. The van der Waals surface area contributed by atoms with Crippen molar-refractivity contribution in [3.63, 3.8) is 0 Å². The Labute approximate surface area is 142 Å². The van der Waals surface area contributed by atoms with Gasteiger partial charge in [0.1, 0.15) is 11.5 Å². The minimum absolute atomic E-state index is 0.0417. The molecule has 0 unspecified atom stereocenters. The number of rotatable bonds is 3. The highest BCUT2D eigenvalue weighted by molar-refractivity contribution is 5.90. The fraction of sp³-hybridized carbons (Fsp3) is 0.684. The molecule has 2 fully saturated rings. The van der Waals surface area contributed by atoms with E-state index in [9.17, 15) is 14.7 Å². The second kappa shape index (κ2) is 5.19. The summed E-state index contributed by atoms with van der Waals surface area (Å²) >= 11 is 0. The number of nitrogens with zero attached hydrogens (tertiary/aromatic N) is 1. The number of fused-ring (bicyclic) bond motifs is 1. The summed E-state index contributed by atoms with van der Waals surface area (Å²) in [5.74, 6) is -0.893. The molecule has 130 valence electrons. The second-order valence-corrected chi connectivity index (χ2v) is 8.17. The van der Waals surface area contributed by atoms with Crippen LogP contribution in [0.15, 0.2) is 23.8 Å². The zero-order valence-electron chi connectivity index (χ0n) is 14.4. The van der Waals surface area contributed by atoms with Crippen molar-refractivity contribution in [1.29, 1.82) is 0 Å². The van der Waals surface area contributed by atoms with Gasteiger partial charge in [-0.15, -0.1) is 0 Å². The van der Waals surface area contributed by atoms with Crippen LogP contribution in [-0.2, 0) is 14.3 Å². The summed E-state index contributed by atoms with van der Waals surface area (Å²) in [7, 11) is 0. The van der Waals surface area contributed by atoms with E-state index in [0.717, 1.165) is 6.42 Å². The summed E-state index contributed by atoms with van der Waals surface area (Å²) in [5.41, 5.74) is 0.711. The number of hydrogen-bond acceptors (Lipinski definition) is 3. The Kier molecular flexibility index (Phi) is 3.43. The van der Waals surface area contributed by atoms with Gasteiger partial charge in [-0.2, -0.15) is 0 Å². The molecule has 0 aromatic heterocycles. The molecule has 0 radical (unpaired) electrons. The number of carboxylic acid groups (broad SMARTS) is 1. The lowest BCUT2D eigenvalue weighted by Crippen LogP contribution is -2.41. The molecule has 1 N–H and O–H groups in total. The van der Waals surface area contributed by atoms with E-state index in [1.165, 1.54) is 5.57 Å². The van der Waals surface area contributed by atoms with Crippen LogP contribution in [0, 0.1) is 29.6 Å². The molecule has 7 atom stereocenters. The second-order valence-electron chi connectivity index (χ2n) is 8.17. The molecule has 4 aliphatic rings. The largest absolute Gasteiger partial charge is 0.481 e. The van der Waals surface area contributed by atoms with Gasteiger partial charge in [0.25, 0.3) is 0 Å². The lowest BCUT2D eigenvalue weighted by atomic mass is 9.75. The Morgan fingerprint density at radius 3 is 2.88 bits per heavy atom. The van der Waals surface area contributed by atoms with Gasteiger partial charge in [0.05, 0.1) is 18.6 Å². The molecule has 1 amide bonds. The fourth-order valence-electron chi connectivity index (χ4n) is 5.43. The van der Waals surface area contributed by atoms with Crippen molar-refractivity contribution in [2.45, 2.75) is 38.9 Å². The summed E-state index contributed by atoms with van der Waals surface area (Å²) in [5, 5.41) is 9.53. The first kappa shape index (κ1) is 15.9. The van der Waals surface area contributed by atoms with Crippen molar-refractivity contribution in [2.75, 3.05) is 13.1 Å². The Morgan fingerprint density at radius 1 is 1.46 bits per heavy atom. The Balaban J connectivity index is 1.56. The normalized spacial score (nSPS) is 46.4. The van der Waals surface area contributed by atoms with E-state index in [1.54, 1.807) is 0 Å². The molecule has 3 aliphatic heterocycles. The van der Waals surface area contributed by atoms with Crippen LogP contribution in [0.5, 0.6) is 0 Å². The summed E-state index contributed by atoms with van der Waals surface area (Å²) in [6, 6.07) is 0. The van der Waals surface area contributed by atoms with Crippen LogP contribution < -0.4 is 0 Å². The number of amides is 1. The summed E-state index contributed by atoms with van der Waals surface area (Å²) < 4.78 is 5.95. The number of carbonyl (C=O) groups excluding carboxylic acids is 1. The summed E-state index contributed by atoms with van der Waals surface area (Å²) in [6.07, 6.45) is 6.69. The zero-order valence-corrected chi connectivity index (χ0v) is 14.4. The standard InChI is InChI=1S/C19H25NO4/c1-10-6-11(2)13(12(3)7-10)8-20-9-19-5-4-14(24-19)15(18(22)23)16(19)17(20)21/h4-6,11-16H,7-9H2,1-3H3,(H,22,23)/t11-,12-,13-,14+,15-,16-,19+/m0/s1. The highest BCUT2D eigenvalue weighted by Crippen LogP contribution is 2.52. The maximum absolute atomic E-state index is 13.0. The van der Waals surface area contributed by atoms with Gasteiger partial charge in [0.15, 0.2) is 0 Å². The third-order valence-electron chi connectivity index (χ3n) is 6.49. The first-order chi connectivity index (χ1) is 11.3. The SMILES string of the molecule is CC1=C[C@H](C)[C@H](CN2C[C@@]34C=C[C@@H](O3)[C@H](C(=O)O)[C@H]4C2=O)[C@@H](C)C1. The molecule has 1 aliphatic carbocycles. The van der Waals surface area contributed by atoms with Crippen LogP contribution in [-0.4, -0.2) is 46.7 Å². The minimum atomic E-state index is -0.926. The van der Waals surface area contributed by atoms with E-state index in [-0.39, 0.29) is 5.91 Å². The molecule has 2 saturated heterocycles. The predicted octanol–water partition coefficient (Wildman–Crippen LogP) is 2.09. The van der Waals surface area contributed by atoms with Gasteiger partial charge >= 0.3 is 5.97 Å². The van der Waals surface area contributed by atoms with Gasteiger partial charge in [-0.1, -0.05) is 37.6 Å². The maximum Gasteiger partial charge on any atom is 0.310 e. The molecule has 0 aromatic rings. The lowest BCUT2D eigenvalue weighted by Gasteiger charge is -2.36. The van der Waals surface area contributed by atoms with Gasteiger partial charge in [-0.05, 0) is 31.1 Å². The average Bonchev–Trinajstić information content (AvgIpc) is 3.11. The molecule has 24 heavy (non-hydrogen) atoms. The predicted molar refractivity (Wildman–Crippen MR) is 88.1 cm³/mol. The Bertz CT molecular complexity index is 654. The van der Waals surface area contributed by atoms with Crippen molar-refractivity contribution in [3.8, 4) is 0 Å². The van der Waals surface area contributed by atoms with Crippen molar-refractivity contribution in [3.05, 3.63) is 23.8 Å². The van der Waals surface area contributed by atoms with Gasteiger partial charge in [-0.25, -0.2) is 0 Å². The highest BCUT2D eigenvalue weighted by atomic mass is 16.5. The molecular formula is C19H25NO4. The number of carboxylic acids is 1. The van der Waals surface area contributed by atoms with Crippen LogP contribution in [0.1, 0.15) is 27.2 Å². The third kappa shape index (κ3) is 2.10. The van der Waals surface area contributed by atoms with Gasteiger partial charge in [0.2, 0.25) is 5.91 Å². The van der Waals surface area contributed by atoms with Crippen LogP contribution in [0.4, 0.5) is 0 Å². The Hall–Kier alpha value is -1.62. The van der Waals surface area contributed by atoms with E-state index < -0.39 is 29.5 Å². The van der Waals surface area contributed by atoms with Crippen LogP contribution in [0.2, 0.25) is 0 Å². The molecule has 2 bridgehead atoms. The third-order valence-corrected chi connectivity index (χ3v) is 6.49. The minimum Gasteiger partial charge on any atom is -0.481 e. The monoisotopic (exact) mass is 331 g/mol. The first-order valence-electron chi connectivity index (χ1n) is 8.88.